The Kier molecular flexibility index (Phi) is 3.48. The van der Waals surface area contributed by atoms with E-state index in [0.717, 1.165) is 5.56 Å². The molecule has 0 aliphatic rings. The number of halogens is 1. The lowest BCUT2D eigenvalue weighted by molar-refractivity contribution is 0.102. The lowest BCUT2D eigenvalue weighted by atomic mass is 10.1. The van der Waals surface area contributed by atoms with Gasteiger partial charge in [0.25, 0.3) is 5.91 Å². The Labute approximate surface area is 110 Å². The summed E-state index contributed by atoms with van der Waals surface area (Å²) < 4.78 is 0. The molecule has 18 heavy (non-hydrogen) atoms. The van der Waals surface area contributed by atoms with Gasteiger partial charge in [-0.2, -0.15) is 0 Å². The van der Waals surface area contributed by atoms with Gasteiger partial charge in [-0.05, 0) is 42.8 Å². The van der Waals surface area contributed by atoms with Crippen LogP contribution in [0.4, 0.5) is 11.5 Å². The van der Waals surface area contributed by atoms with Crippen LogP contribution >= 0.6 is 11.6 Å². The molecule has 1 aromatic heterocycles. The highest BCUT2D eigenvalue weighted by Gasteiger charge is 2.08. The zero-order valence-corrected chi connectivity index (χ0v) is 10.5. The summed E-state index contributed by atoms with van der Waals surface area (Å²) in [6, 6.07) is 10.2. The van der Waals surface area contributed by atoms with Gasteiger partial charge in [0.15, 0.2) is 0 Å². The number of carbonyl (C=O) groups excluding carboxylic acids is 1. The standard InChI is InChI=1S/C13H12ClN3O/c1-8-5-9(7-10(15)6-8)13(18)17-12-4-2-3-11(14)16-12/h2-7H,15H2,1H3,(H,16,17,18). The average molecular weight is 262 g/mol. The summed E-state index contributed by atoms with van der Waals surface area (Å²) in [5.41, 5.74) is 7.68. The molecule has 92 valence electrons. The zero-order valence-electron chi connectivity index (χ0n) is 9.77. The summed E-state index contributed by atoms with van der Waals surface area (Å²) >= 11 is 5.74. The summed E-state index contributed by atoms with van der Waals surface area (Å²) in [7, 11) is 0. The van der Waals surface area contributed by atoms with Crippen molar-refractivity contribution in [2.24, 2.45) is 0 Å². The Morgan fingerprint density at radius 2 is 2.11 bits per heavy atom. The molecule has 0 aliphatic carbocycles. The number of hydrogen-bond acceptors (Lipinski definition) is 3. The lowest BCUT2D eigenvalue weighted by Gasteiger charge is -2.06. The molecule has 0 radical (unpaired) electrons. The molecule has 0 unspecified atom stereocenters. The highest BCUT2D eigenvalue weighted by molar-refractivity contribution is 6.29. The number of anilines is 2. The normalized spacial score (nSPS) is 10.1. The summed E-state index contributed by atoms with van der Waals surface area (Å²) in [4.78, 5) is 16.0. The van der Waals surface area contributed by atoms with Gasteiger partial charge in [0.2, 0.25) is 0 Å². The van der Waals surface area contributed by atoms with Gasteiger partial charge < -0.3 is 11.1 Å². The Bertz CT molecular complexity index is 578. The number of nitrogens with two attached hydrogens (primary N) is 1. The maximum absolute atomic E-state index is 12.0. The van der Waals surface area contributed by atoms with Gasteiger partial charge in [-0.1, -0.05) is 17.7 Å². The van der Waals surface area contributed by atoms with Crippen molar-refractivity contribution in [3.05, 3.63) is 52.7 Å². The minimum Gasteiger partial charge on any atom is -0.399 e. The highest BCUT2D eigenvalue weighted by atomic mass is 35.5. The number of amides is 1. The topological polar surface area (TPSA) is 68.0 Å². The van der Waals surface area contributed by atoms with Crippen molar-refractivity contribution in [3.8, 4) is 0 Å². The predicted molar refractivity (Wildman–Crippen MR) is 72.8 cm³/mol. The number of nitrogens with zero attached hydrogens (tertiary/aromatic N) is 1. The van der Waals surface area contributed by atoms with Gasteiger partial charge in [-0.15, -0.1) is 0 Å². The van der Waals surface area contributed by atoms with Gasteiger partial charge in [-0.25, -0.2) is 4.98 Å². The van der Waals surface area contributed by atoms with Crippen molar-refractivity contribution in [2.45, 2.75) is 6.92 Å². The predicted octanol–water partition coefficient (Wildman–Crippen LogP) is 2.88. The zero-order chi connectivity index (χ0) is 13.1. The number of rotatable bonds is 2. The molecular formula is C13H12ClN3O. The molecule has 1 amide bonds. The molecule has 4 nitrogen and oxygen atoms in total. The largest absolute Gasteiger partial charge is 0.399 e. The summed E-state index contributed by atoms with van der Waals surface area (Å²) in [6.45, 7) is 1.88. The number of hydrogen-bond donors (Lipinski definition) is 2. The van der Waals surface area contributed by atoms with Gasteiger partial charge in [-0.3, -0.25) is 4.79 Å². The van der Waals surface area contributed by atoms with E-state index in [1.165, 1.54) is 0 Å². The molecule has 1 aromatic carbocycles. The summed E-state index contributed by atoms with van der Waals surface area (Å²) in [5.74, 6) is 0.146. The van der Waals surface area contributed by atoms with Crippen molar-refractivity contribution in [2.75, 3.05) is 11.1 Å². The minimum atomic E-state index is -0.264. The number of aryl methyl sites for hydroxylation is 1. The Hall–Kier alpha value is -2.07. The monoisotopic (exact) mass is 261 g/mol. The Balaban J connectivity index is 2.22. The van der Waals surface area contributed by atoms with Crippen LogP contribution in [0.1, 0.15) is 15.9 Å². The molecule has 0 aliphatic heterocycles. The molecule has 5 heteroatoms. The van der Waals surface area contributed by atoms with Gasteiger partial charge in [0.05, 0.1) is 0 Å². The maximum Gasteiger partial charge on any atom is 0.256 e. The van der Waals surface area contributed by atoms with E-state index in [9.17, 15) is 4.79 Å². The summed E-state index contributed by atoms with van der Waals surface area (Å²) in [6.07, 6.45) is 0. The van der Waals surface area contributed by atoms with E-state index in [2.05, 4.69) is 10.3 Å². The first-order valence-electron chi connectivity index (χ1n) is 5.36. The maximum atomic E-state index is 12.0. The van der Waals surface area contributed by atoms with Gasteiger partial charge in [0.1, 0.15) is 11.0 Å². The second-order valence-corrected chi connectivity index (χ2v) is 4.32. The van der Waals surface area contributed by atoms with Crippen molar-refractivity contribution >= 4 is 29.0 Å². The van der Waals surface area contributed by atoms with Crippen molar-refractivity contribution in [3.63, 3.8) is 0 Å². The fraction of sp³-hybridized carbons (Fsp3) is 0.0769. The van der Waals surface area contributed by atoms with E-state index in [1.807, 2.05) is 6.92 Å². The van der Waals surface area contributed by atoms with Crippen LogP contribution in [0.15, 0.2) is 36.4 Å². The number of aromatic nitrogens is 1. The second kappa shape index (κ2) is 5.06. The van der Waals surface area contributed by atoms with Crippen LogP contribution in [-0.4, -0.2) is 10.9 Å². The van der Waals surface area contributed by atoms with Crippen LogP contribution in [0.5, 0.6) is 0 Å². The fourth-order valence-electron chi connectivity index (χ4n) is 1.61. The Morgan fingerprint density at radius 1 is 1.33 bits per heavy atom. The molecule has 0 saturated carbocycles. The lowest BCUT2D eigenvalue weighted by Crippen LogP contribution is -2.13. The molecule has 0 bridgehead atoms. The van der Waals surface area contributed by atoms with Crippen molar-refractivity contribution in [1.29, 1.82) is 0 Å². The first-order valence-corrected chi connectivity index (χ1v) is 5.73. The molecule has 0 spiro atoms. The molecular weight excluding hydrogens is 250 g/mol. The van der Waals surface area contributed by atoms with Gasteiger partial charge in [0, 0.05) is 11.3 Å². The fourth-order valence-corrected chi connectivity index (χ4v) is 1.77. The van der Waals surface area contributed by atoms with Crippen LogP contribution in [-0.2, 0) is 0 Å². The van der Waals surface area contributed by atoms with E-state index in [0.29, 0.717) is 22.2 Å². The molecule has 2 rings (SSSR count). The molecule has 3 N–H and O–H groups in total. The van der Waals surface area contributed by atoms with Crippen LogP contribution in [0.2, 0.25) is 5.15 Å². The number of nitrogens with one attached hydrogen (secondary N) is 1. The minimum absolute atomic E-state index is 0.264. The molecule has 0 fully saturated rings. The van der Waals surface area contributed by atoms with E-state index in [-0.39, 0.29) is 5.91 Å². The van der Waals surface area contributed by atoms with Crippen LogP contribution in [0.25, 0.3) is 0 Å². The van der Waals surface area contributed by atoms with Crippen LogP contribution in [0, 0.1) is 6.92 Å². The summed E-state index contributed by atoms with van der Waals surface area (Å²) in [5, 5.41) is 2.99. The van der Waals surface area contributed by atoms with Crippen molar-refractivity contribution < 1.29 is 4.79 Å². The number of benzene rings is 1. The smallest absolute Gasteiger partial charge is 0.256 e. The quantitative estimate of drug-likeness (QED) is 0.645. The highest BCUT2D eigenvalue weighted by Crippen LogP contribution is 2.14. The average Bonchev–Trinajstić information content (AvgIpc) is 2.27. The third kappa shape index (κ3) is 2.99. The molecule has 0 atom stereocenters. The van der Waals surface area contributed by atoms with Gasteiger partial charge >= 0.3 is 0 Å². The van der Waals surface area contributed by atoms with Crippen LogP contribution in [0.3, 0.4) is 0 Å². The Morgan fingerprint density at radius 3 is 2.78 bits per heavy atom. The van der Waals surface area contributed by atoms with Crippen molar-refractivity contribution in [1.82, 2.24) is 4.98 Å². The second-order valence-electron chi connectivity index (χ2n) is 3.93. The number of carbonyl (C=O) groups is 1. The first kappa shape index (κ1) is 12.4. The molecule has 0 saturated heterocycles. The van der Waals surface area contributed by atoms with E-state index in [1.54, 1.807) is 36.4 Å². The van der Waals surface area contributed by atoms with E-state index < -0.39 is 0 Å². The van der Waals surface area contributed by atoms with E-state index >= 15 is 0 Å². The third-order valence-corrected chi connectivity index (χ3v) is 2.53. The third-order valence-electron chi connectivity index (χ3n) is 2.32. The number of pyridine rings is 1. The molecule has 1 heterocycles. The van der Waals surface area contributed by atoms with E-state index in [4.69, 9.17) is 17.3 Å². The van der Waals surface area contributed by atoms with Crippen LogP contribution < -0.4 is 11.1 Å². The SMILES string of the molecule is Cc1cc(N)cc(C(=O)Nc2cccc(Cl)n2)c1. The number of nitrogen functional groups attached to an aromatic ring is 1. The first-order chi connectivity index (χ1) is 8.54. The molecule has 2 aromatic rings.